The second-order valence-corrected chi connectivity index (χ2v) is 6.29. The van der Waals surface area contributed by atoms with E-state index in [9.17, 15) is 18.0 Å². The molecule has 0 aromatic carbocycles. The van der Waals surface area contributed by atoms with E-state index in [-0.39, 0.29) is 12.8 Å². The molecule has 0 aromatic rings. The number of hydrogen-bond acceptors (Lipinski definition) is 7. The highest BCUT2D eigenvalue weighted by molar-refractivity contribution is 7.91. The smallest absolute Gasteiger partial charge is 0.329 e. The van der Waals surface area contributed by atoms with Gasteiger partial charge in [0.2, 0.25) is 10.0 Å². The molecule has 1 fully saturated rings. The lowest BCUT2D eigenvalue weighted by Gasteiger charge is -2.38. The van der Waals surface area contributed by atoms with Gasteiger partial charge in [0, 0.05) is 0 Å². The molecule has 8 nitrogen and oxygen atoms in total. The van der Waals surface area contributed by atoms with Gasteiger partial charge in [-0.05, 0) is 12.8 Å². The minimum absolute atomic E-state index is 0.0357. The van der Waals surface area contributed by atoms with E-state index in [1.807, 2.05) is 0 Å². The summed E-state index contributed by atoms with van der Waals surface area (Å²) >= 11 is 0. The third-order valence-electron chi connectivity index (χ3n) is 3.51. The molecule has 0 amide bonds. The molecule has 0 heterocycles. The molecule has 1 rings (SSSR count). The summed E-state index contributed by atoms with van der Waals surface area (Å²) in [5.41, 5.74) is 0. The Morgan fingerprint density at radius 3 is 2.37 bits per heavy atom. The molecule has 3 N–H and O–H groups in total. The van der Waals surface area contributed by atoms with Gasteiger partial charge in [-0.15, -0.1) is 0 Å². The third-order valence-corrected chi connectivity index (χ3v) is 5.43. The number of methoxy groups -OCH3 is 2. The predicted octanol–water partition coefficient (Wildman–Crippen LogP) is -0.945. The quantitative estimate of drug-likeness (QED) is 0.389. The molecule has 0 saturated heterocycles. The minimum Gasteiger partial charge on any atom is -0.469 e. The first-order chi connectivity index (χ1) is 8.87. The van der Waals surface area contributed by atoms with Crippen LogP contribution >= 0.6 is 0 Å². The van der Waals surface area contributed by atoms with E-state index in [1.165, 1.54) is 0 Å². The van der Waals surface area contributed by atoms with Gasteiger partial charge in [0.05, 0.1) is 20.1 Å². The lowest BCUT2D eigenvalue weighted by Crippen LogP contribution is -2.61. The van der Waals surface area contributed by atoms with Crippen LogP contribution < -0.4 is 10.7 Å². The topological polar surface area (TPSA) is 125 Å². The van der Waals surface area contributed by atoms with Crippen molar-refractivity contribution in [2.75, 3.05) is 14.2 Å². The summed E-state index contributed by atoms with van der Waals surface area (Å²) in [6.07, 6.45) is 1.29. The van der Waals surface area contributed by atoms with Crippen LogP contribution in [0.3, 0.4) is 0 Å². The summed E-state index contributed by atoms with van der Waals surface area (Å²) in [4.78, 5) is 25.5. The van der Waals surface area contributed by atoms with Gasteiger partial charge in [-0.2, -0.15) is 4.83 Å². The fraction of sp³-hybridized carbons (Fsp3) is 0.800. The Morgan fingerprint density at radius 1 is 1.26 bits per heavy atom. The summed E-state index contributed by atoms with van der Waals surface area (Å²) in [5, 5.41) is 0. The molecule has 19 heavy (non-hydrogen) atoms. The van der Waals surface area contributed by atoms with Crippen molar-refractivity contribution in [2.24, 2.45) is 11.8 Å². The van der Waals surface area contributed by atoms with Gasteiger partial charge in [-0.3, -0.25) is 15.4 Å². The van der Waals surface area contributed by atoms with Crippen LogP contribution in [0.1, 0.15) is 25.7 Å². The molecular weight excluding hydrogens is 276 g/mol. The molecule has 0 spiro atoms. The largest absolute Gasteiger partial charge is 0.469 e. The van der Waals surface area contributed by atoms with Gasteiger partial charge in [-0.25, -0.2) is 8.42 Å². The van der Waals surface area contributed by atoms with Crippen molar-refractivity contribution < 1.29 is 27.5 Å². The van der Waals surface area contributed by atoms with Crippen molar-refractivity contribution in [2.45, 2.75) is 30.4 Å². The number of nitrogens with two attached hydrogens (primary N) is 1. The molecule has 1 aliphatic carbocycles. The number of ether oxygens (including phenoxy) is 2. The van der Waals surface area contributed by atoms with Crippen LogP contribution in [0.2, 0.25) is 0 Å². The van der Waals surface area contributed by atoms with Crippen molar-refractivity contribution in [3.05, 3.63) is 0 Å². The third kappa shape index (κ3) is 2.45. The predicted molar refractivity (Wildman–Crippen MR) is 65.0 cm³/mol. The van der Waals surface area contributed by atoms with Crippen LogP contribution in [0.25, 0.3) is 0 Å². The summed E-state index contributed by atoms with van der Waals surface area (Å²) in [7, 11) is -2.04. The van der Waals surface area contributed by atoms with Crippen LogP contribution in [0.15, 0.2) is 0 Å². The molecule has 110 valence electrons. The number of nitrogens with one attached hydrogen (secondary N) is 1. The Labute approximate surface area is 111 Å². The Bertz CT molecular complexity index is 463. The summed E-state index contributed by atoms with van der Waals surface area (Å²) in [6.45, 7) is 0. The van der Waals surface area contributed by atoms with E-state index in [0.29, 0.717) is 12.8 Å². The van der Waals surface area contributed by atoms with Gasteiger partial charge >= 0.3 is 11.9 Å². The zero-order valence-corrected chi connectivity index (χ0v) is 11.7. The first kappa shape index (κ1) is 15.9. The number of hydrazine groups is 1. The zero-order chi connectivity index (χ0) is 14.7. The number of carbonyl (C=O) groups is 2. The maximum Gasteiger partial charge on any atom is 0.329 e. The first-order valence-corrected chi connectivity index (χ1v) is 7.24. The van der Waals surface area contributed by atoms with E-state index in [2.05, 4.69) is 9.47 Å². The number of carbonyl (C=O) groups excluding carboxylic acids is 2. The van der Waals surface area contributed by atoms with E-state index in [1.54, 1.807) is 4.83 Å². The van der Waals surface area contributed by atoms with Gasteiger partial charge in [0.1, 0.15) is 0 Å². The lowest BCUT2D eigenvalue weighted by molar-refractivity contribution is -0.157. The molecule has 2 atom stereocenters. The van der Waals surface area contributed by atoms with Crippen LogP contribution in [0.4, 0.5) is 0 Å². The van der Waals surface area contributed by atoms with Crippen molar-refractivity contribution in [1.29, 1.82) is 0 Å². The molecule has 0 radical (unpaired) electrons. The molecule has 1 saturated carbocycles. The molecule has 1 aliphatic rings. The van der Waals surface area contributed by atoms with Gasteiger partial charge in [0.25, 0.3) is 0 Å². The van der Waals surface area contributed by atoms with Gasteiger partial charge in [-0.1, -0.05) is 12.8 Å². The number of esters is 2. The molecule has 0 bridgehead atoms. The second kappa shape index (κ2) is 5.85. The summed E-state index contributed by atoms with van der Waals surface area (Å²) < 4.78 is 31.5. The van der Waals surface area contributed by atoms with E-state index in [4.69, 9.17) is 5.84 Å². The highest BCUT2D eigenvalue weighted by atomic mass is 32.2. The van der Waals surface area contributed by atoms with Crippen LogP contribution in [0, 0.1) is 5.92 Å². The van der Waals surface area contributed by atoms with Crippen molar-refractivity contribution in [1.82, 2.24) is 4.83 Å². The van der Waals surface area contributed by atoms with Gasteiger partial charge in [0.15, 0.2) is 4.75 Å². The second-order valence-electron chi connectivity index (χ2n) is 4.32. The van der Waals surface area contributed by atoms with Crippen LogP contribution in [0.5, 0.6) is 0 Å². The van der Waals surface area contributed by atoms with Crippen LogP contribution in [-0.2, 0) is 29.1 Å². The van der Waals surface area contributed by atoms with E-state index < -0.39 is 32.6 Å². The Balaban J connectivity index is 3.42. The molecule has 0 aliphatic heterocycles. The number of rotatable bonds is 4. The Hall–Kier alpha value is -1.19. The monoisotopic (exact) mass is 294 g/mol. The Morgan fingerprint density at radius 2 is 1.89 bits per heavy atom. The van der Waals surface area contributed by atoms with Crippen molar-refractivity contribution in [3.8, 4) is 0 Å². The number of sulfonamides is 1. The average molecular weight is 294 g/mol. The summed E-state index contributed by atoms with van der Waals surface area (Å²) in [5.74, 6) is 2.14. The molecule has 2 unspecified atom stereocenters. The standard InChI is InChI=1S/C10H18N2O6S/c1-17-8(13)7-5-3-4-6-10(7,9(14)18-2)19(15,16)12-11/h7,12H,3-6,11H2,1-2H3. The zero-order valence-electron chi connectivity index (χ0n) is 10.8. The number of hydrogen-bond donors (Lipinski definition) is 2. The highest BCUT2D eigenvalue weighted by Gasteiger charge is 2.61. The maximum absolute atomic E-state index is 12.2. The fourth-order valence-corrected chi connectivity index (χ4v) is 4.06. The first-order valence-electron chi connectivity index (χ1n) is 5.75. The average Bonchev–Trinajstić information content (AvgIpc) is 2.44. The van der Waals surface area contributed by atoms with Crippen molar-refractivity contribution in [3.63, 3.8) is 0 Å². The molecular formula is C10H18N2O6S. The highest BCUT2D eigenvalue weighted by Crippen LogP contribution is 2.41. The molecule has 9 heteroatoms. The minimum atomic E-state index is -4.25. The van der Waals surface area contributed by atoms with Crippen molar-refractivity contribution >= 4 is 22.0 Å². The normalized spacial score (nSPS) is 27.6. The van der Waals surface area contributed by atoms with E-state index in [0.717, 1.165) is 14.2 Å². The molecule has 0 aromatic heterocycles. The lowest BCUT2D eigenvalue weighted by atomic mass is 9.78. The maximum atomic E-state index is 12.2. The van der Waals surface area contributed by atoms with Crippen LogP contribution in [-0.4, -0.2) is 39.3 Å². The van der Waals surface area contributed by atoms with E-state index >= 15 is 0 Å². The Kier molecular flexibility index (Phi) is 4.88. The van der Waals surface area contributed by atoms with Gasteiger partial charge < -0.3 is 9.47 Å². The fourth-order valence-electron chi connectivity index (χ4n) is 2.55. The SMILES string of the molecule is COC(=O)C1CCCCC1(C(=O)OC)S(=O)(=O)NN. The summed E-state index contributed by atoms with van der Waals surface area (Å²) in [6, 6.07) is 0.